The van der Waals surface area contributed by atoms with Gasteiger partial charge in [0, 0.05) is 32.7 Å². The van der Waals surface area contributed by atoms with E-state index in [1.54, 1.807) is 36.4 Å². The van der Waals surface area contributed by atoms with Crippen LogP contribution in [-0.2, 0) is 10.0 Å². The lowest BCUT2D eigenvalue weighted by Gasteiger charge is -2.14. The molecule has 0 amide bonds. The van der Waals surface area contributed by atoms with Gasteiger partial charge in [-0.2, -0.15) is 0 Å². The summed E-state index contributed by atoms with van der Waals surface area (Å²) in [7, 11) is -2.76. The molecule has 0 spiro atoms. The van der Waals surface area contributed by atoms with Gasteiger partial charge < -0.3 is 9.84 Å². The van der Waals surface area contributed by atoms with Crippen molar-refractivity contribution in [1.82, 2.24) is 8.96 Å². The van der Waals surface area contributed by atoms with Gasteiger partial charge in [0.1, 0.15) is 4.90 Å². The maximum absolute atomic E-state index is 13.7. The molecular formula is C20H13BrCl2N2O4S. The smallest absolute Gasteiger partial charge is 0.272 e. The van der Waals surface area contributed by atoms with Crippen molar-refractivity contribution in [3.05, 3.63) is 69.2 Å². The lowest BCUT2D eigenvalue weighted by atomic mass is 10.2. The van der Waals surface area contributed by atoms with Gasteiger partial charge in [0.05, 0.1) is 23.3 Å². The molecule has 2 heterocycles. The van der Waals surface area contributed by atoms with E-state index in [1.807, 2.05) is 0 Å². The van der Waals surface area contributed by atoms with Crippen LogP contribution in [0.15, 0.2) is 64.1 Å². The molecule has 2 aromatic heterocycles. The molecule has 0 fully saturated rings. The Kier molecular flexibility index (Phi) is 5.44. The van der Waals surface area contributed by atoms with Gasteiger partial charge in [-0.1, -0.05) is 39.1 Å². The van der Waals surface area contributed by atoms with Crippen LogP contribution in [0.1, 0.15) is 0 Å². The molecule has 0 unspecified atom stereocenters. The maximum Gasteiger partial charge on any atom is 0.272 e. The number of aromatic hydroxyl groups is 1. The molecule has 2 aromatic carbocycles. The summed E-state index contributed by atoms with van der Waals surface area (Å²) in [4.78, 5) is 3.83. The molecule has 30 heavy (non-hydrogen) atoms. The van der Waals surface area contributed by atoms with Gasteiger partial charge in [-0.15, -0.1) is 0 Å². The van der Waals surface area contributed by atoms with E-state index < -0.39 is 15.8 Å². The summed E-state index contributed by atoms with van der Waals surface area (Å²) in [6.45, 7) is 0. The molecule has 0 aliphatic carbocycles. The monoisotopic (exact) mass is 526 g/mol. The van der Waals surface area contributed by atoms with Crippen LogP contribution in [0.2, 0.25) is 10.0 Å². The molecule has 6 nitrogen and oxygen atoms in total. The predicted molar refractivity (Wildman–Crippen MR) is 120 cm³/mol. The number of ether oxygens (including phenoxy) is 1. The second kappa shape index (κ2) is 7.77. The van der Waals surface area contributed by atoms with Crippen molar-refractivity contribution in [2.75, 3.05) is 7.11 Å². The summed E-state index contributed by atoms with van der Waals surface area (Å²) in [5.74, 6) is -0.141. The number of halogens is 3. The van der Waals surface area contributed by atoms with E-state index in [9.17, 15) is 13.5 Å². The quantitative estimate of drug-likeness (QED) is 0.367. The highest BCUT2D eigenvalue weighted by Crippen LogP contribution is 2.39. The first-order valence-corrected chi connectivity index (χ1v) is 11.5. The first-order chi connectivity index (χ1) is 14.2. The third kappa shape index (κ3) is 3.54. The summed E-state index contributed by atoms with van der Waals surface area (Å²) in [6, 6.07) is 12.6. The van der Waals surface area contributed by atoms with Crippen molar-refractivity contribution in [3.63, 3.8) is 0 Å². The van der Waals surface area contributed by atoms with Crippen LogP contribution in [0.4, 0.5) is 0 Å². The standard InChI is InChI=1S/C20H13BrCl2N2O4S/c1-29-19-5-2-11(10-24-19)17-7-12-6-14(22)3-4-16(12)25(17)30(27,28)18-9-13(21)8-15(23)20(18)26/h2-10,26H,1H3. The van der Waals surface area contributed by atoms with E-state index >= 15 is 0 Å². The molecule has 10 heteroatoms. The summed E-state index contributed by atoms with van der Waals surface area (Å²) < 4.78 is 34.0. The van der Waals surface area contributed by atoms with E-state index in [2.05, 4.69) is 20.9 Å². The van der Waals surface area contributed by atoms with E-state index in [-0.39, 0.29) is 9.92 Å². The minimum Gasteiger partial charge on any atom is -0.505 e. The molecule has 4 rings (SSSR count). The fourth-order valence-electron chi connectivity index (χ4n) is 3.11. The number of methoxy groups -OCH3 is 1. The Balaban J connectivity index is 2.06. The molecular weight excluding hydrogens is 515 g/mol. The largest absolute Gasteiger partial charge is 0.505 e. The van der Waals surface area contributed by atoms with Crippen molar-refractivity contribution >= 4 is 60.1 Å². The Morgan fingerprint density at radius 2 is 1.87 bits per heavy atom. The zero-order valence-electron chi connectivity index (χ0n) is 15.3. The Hall–Kier alpha value is -2.26. The molecule has 4 aromatic rings. The van der Waals surface area contributed by atoms with E-state index in [4.69, 9.17) is 27.9 Å². The third-order valence-corrected chi connectivity index (χ3v) is 7.19. The van der Waals surface area contributed by atoms with Gasteiger partial charge in [0.15, 0.2) is 5.75 Å². The molecule has 0 saturated heterocycles. The van der Waals surface area contributed by atoms with E-state index in [1.165, 1.54) is 25.4 Å². The van der Waals surface area contributed by atoms with Crippen molar-refractivity contribution in [1.29, 1.82) is 0 Å². The summed E-state index contributed by atoms with van der Waals surface area (Å²) in [5, 5.41) is 11.4. The number of nitrogens with zero attached hydrogens (tertiary/aromatic N) is 2. The van der Waals surface area contributed by atoms with Crippen molar-refractivity contribution in [3.8, 4) is 22.9 Å². The lowest BCUT2D eigenvalue weighted by molar-refractivity contribution is 0.398. The number of hydrogen-bond donors (Lipinski definition) is 1. The molecule has 0 aliphatic heterocycles. The molecule has 1 N–H and O–H groups in total. The molecule has 0 aliphatic rings. The van der Waals surface area contributed by atoms with Gasteiger partial charge >= 0.3 is 0 Å². The number of benzene rings is 2. The van der Waals surface area contributed by atoms with Crippen molar-refractivity contribution < 1.29 is 18.3 Å². The van der Waals surface area contributed by atoms with E-state index in [0.717, 1.165) is 3.97 Å². The van der Waals surface area contributed by atoms with Gasteiger partial charge in [-0.05, 0) is 42.5 Å². The normalized spacial score (nSPS) is 11.7. The van der Waals surface area contributed by atoms with Crippen LogP contribution in [0.5, 0.6) is 11.6 Å². The Morgan fingerprint density at radius 1 is 1.10 bits per heavy atom. The average Bonchev–Trinajstić information content (AvgIpc) is 3.10. The number of hydrogen-bond acceptors (Lipinski definition) is 5. The highest BCUT2D eigenvalue weighted by molar-refractivity contribution is 9.10. The SMILES string of the molecule is COc1ccc(-c2cc3cc(Cl)ccc3n2S(=O)(=O)c2cc(Br)cc(Cl)c2O)cn1. The minimum atomic E-state index is -4.26. The topological polar surface area (TPSA) is 81.4 Å². The second-order valence-electron chi connectivity index (χ2n) is 6.33. The summed E-state index contributed by atoms with van der Waals surface area (Å²) in [5.41, 5.74) is 1.27. The Labute approximate surface area is 190 Å². The number of aromatic nitrogens is 2. The van der Waals surface area contributed by atoms with Crippen molar-refractivity contribution in [2.24, 2.45) is 0 Å². The second-order valence-corrected chi connectivity index (χ2v) is 9.84. The average molecular weight is 528 g/mol. The zero-order chi connectivity index (χ0) is 21.6. The van der Waals surface area contributed by atoms with E-state index in [0.29, 0.717) is 37.5 Å². The molecule has 154 valence electrons. The van der Waals surface area contributed by atoms with Gasteiger partial charge in [0.25, 0.3) is 10.0 Å². The zero-order valence-corrected chi connectivity index (χ0v) is 19.2. The molecule has 0 saturated carbocycles. The van der Waals surface area contributed by atoms with Crippen LogP contribution in [0.25, 0.3) is 22.2 Å². The third-order valence-electron chi connectivity index (χ3n) is 4.47. The van der Waals surface area contributed by atoms with Crippen LogP contribution in [0, 0.1) is 0 Å². The first kappa shape index (κ1) is 21.0. The number of fused-ring (bicyclic) bond motifs is 1. The summed E-state index contributed by atoms with van der Waals surface area (Å²) in [6.07, 6.45) is 1.51. The highest BCUT2D eigenvalue weighted by atomic mass is 79.9. The number of pyridine rings is 1. The predicted octanol–water partition coefficient (Wildman–Crippen LogP) is 5.72. The lowest BCUT2D eigenvalue weighted by Crippen LogP contribution is -2.14. The molecule has 0 bridgehead atoms. The fourth-order valence-corrected chi connectivity index (χ4v) is 5.98. The van der Waals surface area contributed by atoms with Crippen LogP contribution < -0.4 is 4.74 Å². The molecule has 0 atom stereocenters. The van der Waals surface area contributed by atoms with Crippen LogP contribution >= 0.6 is 39.1 Å². The maximum atomic E-state index is 13.7. The highest BCUT2D eigenvalue weighted by Gasteiger charge is 2.28. The van der Waals surface area contributed by atoms with Gasteiger partial charge in [-0.25, -0.2) is 17.4 Å². The summed E-state index contributed by atoms with van der Waals surface area (Å²) >= 11 is 15.4. The number of rotatable bonds is 4. The van der Waals surface area contributed by atoms with Crippen molar-refractivity contribution in [2.45, 2.75) is 4.90 Å². The Morgan fingerprint density at radius 3 is 2.53 bits per heavy atom. The Bertz CT molecular complexity index is 1390. The minimum absolute atomic E-state index is 0.0879. The van der Waals surface area contributed by atoms with Gasteiger partial charge in [-0.3, -0.25) is 0 Å². The number of phenolic OH excluding ortho intramolecular Hbond substituents is 1. The first-order valence-electron chi connectivity index (χ1n) is 8.47. The van der Waals surface area contributed by atoms with Crippen LogP contribution in [-0.4, -0.2) is 29.6 Å². The molecule has 0 radical (unpaired) electrons. The fraction of sp³-hybridized carbons (Fsp3) is 0.0500. The van der Waals surface area contributed by atoms with Gasteiger partial charge in [0.2, 0.25) is 5.88 Å². The van der Waals surface area contributed by atoms with Crippen LogP contribution in [0.3, 0.4) is 0 Å². The number of phenols is 1.